The zero-order chi connectivity index (χ0) is 18.4. The number of urea groups is 1. The number of nitrogens with zero attached hydrogens (tertiary/aromatic N) is 2. The number of aromatic amines is 1. The van der Waals surface area contributed by atoms with Crippen LogP contribution in [0.1, 0.15) is 13.8 Å². The highest BCUT2D eigenvalue weighted by molar-refractivity contribution is 5.83. The minimum absolute atomic E-state index is 0.0239. The Balaban J connectivity index is 1.97. The van der Waals surface area contributed by atoms with Gasteiger partial charge in [0.2, 0.25) is 0 Å². The first kappa shape index (κ1) is 18.2. The van der Waals surface area contributed by atoms with Gasteiger partial charge in [0.05, 0.1) is 12.0 Å². The van der Waals surface area contributed by atoms with Gasteiger partial charge in [-0.3, -0.25) is 14.3 Å². The summed E-state index contributed by atoms with van der Waals surface area (Å²) in [6.45, 7) is 3.37. The summed E-state index contributed by atoms with van der Waals surface area (Å²) in [4.78, 5) is 53.8. The Hall–Kier alpha value is -3.17. The van der Waals surface area contributed by atoms with Crippen LogP contribution in [-0.4, -0.2) is 45.7 Å². The maximum absolute atomic E-state index is 12.3. The SMILES string of the molecule is CCOC(=O)[C@@H](C)NC(=O)NCCn1c(=O)[nH]c2ncccc2c1=O. The number of carbonyl (C=O) groups is 2. The third-order valence-electron chi connectivity index (χ3n) is 3.36. The molecule has 2 rings (SSSR count). The number of fused-ring (bicyclic) bond motifs is 1. The monoisotopic (exact) mass is 349 g/mol. The predicted molar refractivity (Wildman–Crippen MR) is 89.3 cm³/mol. The van der Waals surface area contributed by atoms with Crippen molar-refractivity contribution in [1.82, 2.24) is 25.2 Å². The topological polar surface area (TPSA) is 135 Å². The summed E-state index contributed by atoms with van der Waals surface area (Å²) in [5, 5.41) is 5.16. The van der Waals surface area contributed by atoms with Crippen molar-refractivity contribution in [3.63, 3.8) is 0 Å². The number of rotatable bonds is 6. The smallest absolute Gasteiger partial charge is 0.330 e. The van der Waals surface area contributed by atoms with E-state index in [4.69, 9.17) is 4.74 Å². The molecule has 10 heteroatoms. The van der Waals surface area contributed by atoms with Crippen LogP contribution >= 0.6 is 0 Å². The predicted octanol–water partition coefficient (Wildman–Crippen LogP) is -0.664. The zero-order valence-corrected chi connectivity index (χ0v) is 13.9. The molecule has 0 aliphatic carbocycles. The van der Waals surface area contributed by atoms with Crippen molar-refractivity contribution in [3.8, 4) is 0 Å². The third kappa shape index (κ3) is 4.43. The molecule has 0 unspecified atom stereocenters. The lowest BCUT2D eigenvalue weighted by atomic mass is 10.3. The van der Waals surface area contributed by atoms with Gasteiger partial charge in [-0.15, -0.1) is 0 Å². The molecule has 25 heavy (non-hydrogen) atoms. The molecule has 0 saturated carbocycles. The number of aromatic nitrogens is 3. The van der Waals surface area contributed by atoms with Gasteiger partial charge in [-0.25, -0.2) is 19.4 Å². The van der Waals surface area contributed by atoms with Gasteiger partial charge in [0.25, 0.3) is 5.56 Å². The number of carbonyl (C=O) groups excluding carboxylic acids is 2. The molecular weight excluding hydrogens is 330 g/mol. The van der Waals surface area contributed by atoms with E-state index in [2.05, 4.69) is 20.6 Å². The normalized spacial score (nSPS) is 11.8. The van der Waals surface area contributed by atoms with E-state index in [1.165, 1.54) is 13.1 Å². The second-order valence-corrected chi connectivity index (χ2v) is 5.16. The molecule has 2 amide bonds. The van der Waals surface area contributed by atoms with E-state index in [-0.39, 0.29) is 30.7 Å². The maximum Gasteiger partial charge on any atom is 0.330 e. The number of pyridine rings is 1. The molecule has 10 nitrogen and oxygen atoms in total. The van der Waals surface area contributed by atoms with Crippen molar-refractivity contribution in [3.05, 3.63) is 39.2 Å². The average Bonchev–Trinajstić information content (AvgIpc) is 2.58. The van der Waals surface area contributed by atoms with Gasteiger partial charge in [-0.05, 0) is 26.0 Å². The van der Waals surface area contributed by atoms with Gasteiger partial charge in [0.15, 0.2) is 0 Å². The summed E-state index contributed by atoms with van der Waals surface area (Å²) in [5.41, 5.74) is -0.894. The Morgan fingerprint density at radius 1 is 1.40 bits per heavy atom. The van der Waals surface area contributed by atoms with E-state index >= 15 is 0 Å². The lowest BCUT2D eigenvalue weighted by Crippen LogP contribution is -2.46. The van der Waals surface area contributed by atoms with Crippen molar-refractivity contribution >= 4 is 23.0 Å². The van der Waals surface area contributed by atoms with Crippen LogP contribution in [0.5, 0.6) is 0 Å². The number of esters is 1. The second kappa shape index (κ2) is 8.08. The van der Waals surface area contributed by atoms with Crippen LogP contribution in [0.3, 0.4) is 0 Å². The highest BCUT2D eigenvalue weighted by Gasteiger charge is 2.16. The van der Waals surface area contributed by atoms with Gasteiger partial charge in [0.1, 0.15) is 11.7 Å². The van der Waals surface area contributed by atoms with Crippen molar-refractivity contribution in [2.24, 2.45) is 0 Å². The Bertz CT molecular complexity index is 888. The van der Waals surface area contributed by atoms with Gasteiger partial charge in [0, 0.05) is 19.3 Å². The van der Waals surface area contributed by atoms with Gasteiger partial charge in [-0.1, -0.05) is 0 Å². The third-order valence-corrected chi connectivity index (χ3v) is 3.36. The quantitative estimate of drug-likeness (QED) is 0.592. The first-order chi connectivity index (χ1) is 11.9. The Labute approximate surface area is 142 Å². The largest absolute Gasteiger partial charge is 0.464 e. The molecule has 134 valence electrons. The van der Waals surface area contributed by atoms with Crippen molar-refractivity contribution in [2.75, 3.05) is 13.2 Å². The molecule has 2 aromatic rings. The van der Waals surface area contributed by atoms with E-state index in [1.54, 1.807) is 19.1 Å². The summed E-state index contributed by atoms with van der Waals surface area (Å²) in [7, 11) is 0. The van der Waals surface area contributed by atoms with Crippen molar-refractivity contribution < 1.29 is 14.3 Å². The standard InChI is InChI=1S/C15H19N5O5/c1-3-25-13(22)9(2)18-14(23)17-7-8-20-12(21)10-5-4-6-16-11(10)19-15(20)24/h4-6,9H,3,7-8H2,1-2H3,(H,16,19,24)(H2,17,18,23)/t9-/m1/s1. The average molecular weight is 349 g/mol. The number of ether oxygens (including phenoxy) is 1. The van der Waals surface area contributed by atoms with E-state index < -0.39 is 29.3 Å². The Kier molecular flexibility index (Phi) is 5.88. The van der Waals surface area contributed by atoms with E-state index in [0.29, 0.717) is 0 Å². The summed E-state index contributed by atoms with van der Waals surface area (Å²) >= 11 is 0. The van der Waals surface area contributed by atoms with Crippen LogP contribution in [0.15, 0.2) is 27.9 Å². The fourth-order valence-corrected chi connectivity index (χ4v) is 2.14. The molecular formula is C15H19N5O5. The minimum Gasteiger partial charge on any atom is -0.464 e. The molecule has 0 aliphatic rings. The van der Waals surface area contributed by atoms with Crippen molar-refractivity contribution in [2.45, 2.75) is 26.4 Å². The van der Waals surface area contributed by atoms with Gasteiger partial charge >= 0.3 is 17.7 Å². The number of H-pyrrole nitrogens is 1. The van der Waals surface area contributed by atoms with Crippen molar-refractivity contribution in [1.29, 1.82) is 0 Å². The van der Waals surface area contributed by atoms with E-state index in [0.717, 1.165) is 4.57 Å². The highest BCUT2D eigenvalue weighted by atomic mass is 16.5. The summed E-state index contributed by atoms with van der Waals surface area (Å²) in [6.07, 6.45) is 1.47. The molecule has 0 radical (unpaired) electrons. The number of hydrogen-bond donors (Lipinski definition) is 3. The molecule has 1 atom stereocenters. The molecule has 2 aromatic heterocycles. The summed E-state index contributed by atoms with van der Waals surface area (Å²) in [5.74, 6) is -0.549. The Morgan fingerprint density at radius 2 is 2.16 bits per heavy atom. The molecule has 0 bridgehead atoms. The molecule has 0 aromatic carbocycles. The van der Waals surface area contributed by atoms with Crippen LogP contribution < -0.4 is 21.9 Å². The van der Waals surface area contributed by atoms with Crippen LogP contribution in [0.2, 0.25) is 0 Å². The summed E-state index contributed by atoms with van der Waals surface area (Å²) in [6, 6.07) is 1.73. The molecule has 0 aliphatic heterocycles. The fourth-order valence-electron chi connectivity index (χ4n) is 2.14. The number of amides is 2. The first-order valence-electron chi connectivity index (χ1n) is 7.73. The highest BCUT2D eigenvalue weighted by Crippen LogP contribution is 1.98. The van der Waals surface area contributed by atoms with Gasteiger partial charge in [-0.2, -0.15) is 0 Å². The van der Waals surface area contributed by atoms with Crippen LogP contribution in [0.4, 0.5) is 4.79 Å². The van der Waals surface area contributed by atoms with Crippen LogP contribution in [0.25, 0.3) is 11.0 Å². The molecule has 0 fully saturated rings. The Morgan fingerprint density at radius 3 is 2.88 bits per heavy atom. The lowest BCUT2D eigenvalue weighted by molar-refractivity contribution is -0.144. The molecule has 0 spiro atoms. The first-order valence-corrected chi connectivity index (χ1v) is 7.73. The molecule has 3 N–H and O–H groups in total. The number of nitrogens with one attached hydrogen (secondary N) is 3. The van der Waals surface area contributed by atoms with Crippen LogP contribution in [-0.2, 0) is 16.1 Å². The van der Waals surface area contributed by atoms with Crippen LogP contribution in [0, 0.1) is 0 Å². The fraction of sp³-hybridized carbons (Fsp3) is 0.400. The maximum atomic E-state index is 12.3. The minimum atomic E-state index is -0.808. The van der Waals surface area contributed by atoms with E-state index in [9.17, 15) is 19.2 Å². The lowest BCUT2D eigenvalue weighted by Gasteiger charge is -2.13. The van der Waals surface area contributed by atoms with Gasteiger partial charge < -0.3 is 15.4 Å². The summed E-state index contributed by atoms with van der Waals surface area (Å²) < 4.78 is 5.74. The molecule has 0 saturated heterocycles. The molecule has 2 heterocycles. The van der Waals surface area contributed by atoms with E-state index in [1.807, 2.05) is 0 Å². The zero-order valence-electron chi connectivity index (χ0n) is 13.9. The second-order valence-electron chi connectivity index (χ2n) is 5.16. The number of hydrogen-bond acceptors (Lipinski definition) is 6.